The van der Waals surface area contributed by atoms with Gasteiger partial charge in [-0.05, 0) is 87.6 Å². The van der Waals surface area contributed by atoms with Crippen LogP contribution in [0, 0.1) is 18.3 Å². The molecule has 2 aliphatic rings. The third-order valence-electron chi connectivity index (χ3n) is 9.49. The Labute approximate surface area is 260 Å². The van der Waals surface area contributed by atoms with Crippen molar-refractivity contribution in [1.29, 1.82) is 0 Å². The highest BCUT2D eigenvalue weighted by molar-refractivity contribution is 6.06. The number of anilines is 2. The van der Waals surface area contributed by atoms with Gasteiger partial charge in [-0.2, -0.15) is 5.10 Å². The molecule has 2 aromatic heterocycles. The predicted octanol–water partition coefficient (Wildman–Crippen LogP) is 7.26. The molecule has 1 atom stereocenters. The quantitative estimate of drug-likeness (QED) is 0.224. The van der Waals surface area contributed by atoms with Gasteiger partial charge in [0, 0.05) is 47.7 Å². The standard InChI is InChI=1S/C35H46N6O3/c1-6-26-13-11-25(21-37-26)28-19-27(12-9-23(28)2)38-33(44)39-29-22-41(35(5)16-7-8-17-35)40-31(29)30(42)14-10-24-15-18-36-32(43)34(3,4)20-24/h9,11-13,19,21-22,24H,6-8,10,14-18,20H2,1-5H3,(H,36,43)(H2,38,39,44). The number of hydrogen-bond acceptors (Lipinski definition) is 5. The predicted molar refractivity (Wildman–Crippen MR) is 174 cm³/mol. The van der Waals surface area contributed by atoms with Gasteiger partial charge in [0.1, 0.15) is 0 Å². The fraction of sp³-hybridized carbons (Fsp3) is 0.514. The molecule has 3 N–H and O–H groups in total. The topological polar surface area (TPSA) is 118 Å². The van der Waals surface area contributed by atoms with Crippen molar-refractivity contribution < 1.29 is 14.4 Å². The molecule has 44 heavy (non-hydrogen) atoms. The fourth-order valence-electron chi connectivity index (χ4n) is 6.65. The van der Waals surface area contributed by atoms with Gasteiger partial charge in [-0.1, -0.05) is 45.7 Å². The summed E-state index contributed by atoms with van der Waals surface area (Å²) in [7, 11) is 0. The summed E-state index contributed by atoms with van der Waals surface area (Å²) in [5.41, 5.74) is 4.81. The molecule has 1 aromatic carbocycles. The van der Waals surface area contributed by atoms with Crippen molar-refractivity contribution in [1.82, 2.24) is 20.1 Å². The molecule has 9 nitrogen and oxygen atoms in total. The fourth-order valence-corrected chi connectivity index (χ4v) is 6.65. The Hall–Kier alpha value is -4.01. The summed E-state index contributed by atoms with van der Waals surface area (Å²) in [5, 5.41) is 13.7. The van der Waals surface area contributed by atoms with Crippen molar-refractivity contribution in [2.45, 2.75) is 97.9 Å². The first-order chi connectivity index (χ1) is 21.0. The van der Waals surface area contributed by atoms with Crippen molar-refractivity contribution in [3.63, 3.8) is 0 Å². The molecule has 0 spiro atoms. The Bertz CT molecular complexity index is 1520. The lowest BCUT2D eigenvalue weighted by Crippen LogP contribution is -2.35. The van der Waals surface area contributed by atoms with E-state index in [1.165, 1.54) is 0 Å². The zero-order chi connectivity index (χ0) is 31.5. The van der Waals surface area contributed by atoms with Gasteiger partial charge in [0.25, 0.3) is 0 Å². The first-order valence-electron chi connectivity index (χ1n) is 16.0. The van der Waals surface area contributed by atoms with E-state index in [0.717, 1.165) is 67.3 Å². The first kappa shape index (κ1) is 31.4. The molecule has 0 bridgehead atoms. The zero-order valence-corrected chi connectivity index (χ0v) is 26.8. The van der Waals surface area contributed by atoms with Gasteiger partial charge in [-0.25, -0.2) is 4.79 Å². The number of benzene rings is 1. The summed E-state index contributed by atoms with van der Waals surface area (Å²) in [6, 6.07) is 9.44. The van der Waals surface area contributed by atoms with E-state index < -0.39 is 11.4 Å². The van der Waals surface area contributed by atoms with E-state index in [0.29, 0.717) is 36.5 Å². The molecule has 5 rings (SSSR count). The van der Waals surface area contributed by atoms with Crippen LogP contribution in [0.1, 0.15) is 101 Å². The first-order valence-corrected chi connectivity index (χ1v) is 16.0. The van der Waals surface area contributed by atoms with Gasteiger partial charge in [0.2, 0.25) is 5.91 Å². The highest BCUT2D eigenvalue weighted by Gasteiger charge is 2.35. The Morgan fingerprint density at radius 3 is 2.57 bits per heavy atom. The average molecular weight is 599 g/mol. The van der Waals surface area contributed by atoms with Crippen LogP contribution in [-0.2, 0) is 16.8 Å². The normalized spacial score (nSPS) is 19.2. The largest absolute Gasteiger partial charge is 0.356 e. The van der Waals surface area contributed by atoms with E-state index in [9.17, 15) is 14.4 Å². The maximum absolute atomic E-state index is 13.6. The van der Waals surface area contributed by atoms with Crippen molar-refractivity contribution in [3.8, 4) is 11.1 Å². The van der Waals surface area contributed by atoms with Crippen molar-refractivity contribution in [2.75, 3.05) is 17.2 Å². The molecule has 1 aliphatic heterocycles. The van der Waals surface area contributed by atoms with Crippen molar-refractivity contribution in [3.05, 3.63) is 59.7 Å². The number of nitrogens with zero attached hydrogens (tertiary/aromatic N) is 3. The van der Waals surface area contributed by atoms with E-state index in [1.54, 1.807) is 0 Å². The van der Waals surface area contributed by atoms with Crippen LogP contribution in [0.15, 0.2) is 42.7 Å². The third kappa shape index (κ3) is 7.03. The maximum atomic E-state index is 13.6. The molecule has 0 radical (unpaired) electrons. The second kappa shape index (κ2) is 12.9. The number of aromatic nitrogens is 3. The molecule has 1 aliphatic carbocycles. The number of rotatable bonds is 9. The number of nitrogens with one attached hydrogen (secondary N) is 3. The molecule has 9 heteroatoms. The van der Waals surface area contributed by atoms with Crippen LogP contribution >= 0.6 is 0 Å². The van der Waals surface area contributed by atoms with Crippen LogP contribution in [-0.4, -0.2) is 39.0 Å². The highest BCUT2D eigenvalue weighted by atomic mass is 16.2. The molecule has 3 aromatic rings. The van der Waals surface area contributed by atoms with E-state index >= 15 is 0 Å². The van der Waals surface area contributed by atoms with Gasteiger partial charge in [-0.3, -0.25) is 19.3 Å². The molecule has 3 amide bonds. The lowest BCUT2D eigenvalue weighted by Gasteiger charge is -2.24. The third-order valence-corrected chi connectivity index (χ3v) is 9.49. The summed E-state index contributed by atoms with van der Waals surface area (Å²) >= 11 is 0. The van der Waals surface area contributed by atoms with Crippen LogP contribution in [0.2, 0.25) is 0 Å². The lowest BCUT2D eigenvalue weighted by molar-refractivity contribution is -0.129. The van der Waals surface area contributed by atoms with Crippen LogP contribution in [0.25, 0.3) is 11.1 Å². The molecule has 234 valence electrons. The smallest absolute Gasteiger partial charge is 0.323 e. The number of hydrogen-bond donors (Lipinski definition) is 3. The number of ketones is 1. The Morgan fingerprint density at radius 2 is 1.86 bits per heavy atom. The second-order valence-corrected chi connectivity index (χ2v) is 13.5. The molecule has 1 saturated heterocycles. The van der Waals surface area contributed by atoms with Gasteiger partial charge >= 0.3 is 6.03 Å². The molecule has 1 unspecified atom stereocenters. The summed E-state index contributed by atoms with van der Waals surface area (Å²) in [6.45, 7) is 10.8. The monoisotopic (exact) mass is 598 g/mol. The maximum Gasteiger partial charge on any atom is 0.323 e. The van der Waals surface area contributed by atoms with Crippen LogP contribution < -0.4 is 16.0 Å². The highest BCUT2D eigenvalue weighted by Crippen LogP contribution is 2.37. The molecular weight excluding hydrogens is 552 g/mol. The van der Waals surface area contributed by atoms with Gasteiger partial charge in [-0.15, -0.1) is 0 Å². The molecule has 2 fully saturated rings. The summed E-state index contributed by atoms with van der Waals surface area (Å²) < 4.78 is 1.89. The number of Topliss-reactive ketones (excluding diaryl/α,β-unsaturated/α-hetero) is 1. The van der Waals surface area contributed by atoms with Gasteiger partial charge in [0.15, 0.2) is 11.5 Å². The minimum atomic E-state index is -0.459. The SMILES string of the molecule is CCc1ccc(-c2cc(NC(=O)Nc3cn(C4(C)CCCC4)nc3C(=O)CCC3CCNC(=O)C(C)(C)C3)ccc2C)cn1. The second-order valence-electron chi connectivity index (χ2n) is 13.5. The van der Waals surface area contributed by atoms with Crippen LogP contribution in [0.4, 0.5) is 16.2 Å². The summed E-state index contributed by atoms with van der Waals surface area (Å²) in [4.78, 5) is 43.8. The van der Waals surface area contributed by atoms with Crippen molar-refractivity contribution in [2.24, 2.45) is 11.3 Å². The van der Waals surface area contributed by atoms with E-state index in [1.807, 2.05) is 62.1 Å². The Kier molecular flexibility index (Phi) is 9.23. The van der Waals surface area contributed by atoms with E-state index in [-0.39, 0.29) is 23.1 Å². The zero-order valence-electron chi connectivity index (χ0n) is 26.8. The number of carbonyl (C=O) groups excluding carboxylic acids is 3. The van der Waals surface area contributed by atoms with Crippen molar-refractivity contribution >= 4 is 29.1 Å². The molecular formula is C35H46N6O3. The molecule has 1 saturated carbocycles. The van der Waals surface area contributed by atoms with Gasteiger partial charge < -0.3 is 16.0 Å². The summed E-state index contributed by atoms with van der Waals surface area (Å²) in [6.07, 6.45) is 11.3. The Morgan fingerprint density at radius 1 is 1.09 bits per heavy atom. The number of amides is 3. The number of aryl methyl sites for hydroxylation is 2. The minimum absolute atomic E-state index is 0.0686. The molecule has 3 heterocycles. The minimum Gasteiger partial charge on any atom is -0.356 e. The average Bonchev–Trinajstić information content (AvgIpc) is 3.61. The van der Waals surface area contributed by atoms with Gasteiger partial charge in [0.05, 0.1) is 11.2 Å². The van der Waals surface area contributed by atoms with Crippen LogP contribution in [0.5, 0.6) is 0 Å². The van der Waals surface area contributed by atoms with E-state index in [2.05, 4.69) is 40.8 Å². The van der Waals surface area contributed by atoms with E-state index in [4.69, 9.17) is 5.10 Å². The number of urea groups is 1. The van der Waals surface area contributed by atoms with Crippen LogP contribution in [0.3, 0.4) is 0 Å². The summed E-state index contributed by atoms with van der Waals surface area (Å²) in [5.74, 6) is 0.230. The Balaban J connectivity index is 1.32. The lowest BCUT2D eigenvalue weighted by atomic mass is 9.80. The number of pyridine rings is 1. The number of carbonyl (C=O) groups is 3.